The Bertz CT molecular complexity index is 807. The molecular weight excluding hydrogens is 280 g/mol. The van der Waals surface area contributed by atoms with Crippen LogP contribution in [0.2, 0.25) is 0 Å². The lowest BCUT2D eigenvalue weighted by atomic mass is 10.0. The van der Waals surface area contributed by atoms with Gasteiger partial charge in [-0.1, -0.05) is 0 Å². The van der Waals surface area contributed by atoms with Gasteiger partial charge in [0.05, 0.1) is 11.8 Å². The van der Waals surface area contributed by atoms with Crippen LogP contribution in [0, 0.1) is 6.92 Å². The van der Waals surface area contributed by atoms with Gasteiger partial charge in [0.15, 0.2) is 5.82 Å². The van der Waals surface area contributed by atoms with Crippen molar-refractivity contribution in [3.63, 3.8) is 0 Å². The zero-order valence-electron chi connectivity index (χ0n) is 12.3. The van der Waals surface area contributed by atoms with Crippen LogP contribution in [0.3, 0.4) is 0 Å². The molecule has 0 amide bonds. The molecule has 0 radical (unpaired) electrons. The summed E-state index contributed by atoms with van der Waals surface area (Å²) in [5.74, 6) is 1.77. The molecule has 0 aliphatic heterocycles. The molecule has 22 heavy (non-hydrogen) atoms. The third-order valence-corrected chi connectivity index (χ3v) is 4.18. The minimum Gasteiger partial charge on any atom is -0.393 e. The maximum atomic E-state index is 9.65. The van der Waals surface area contributed by atoms with E-state index in [-0.39, 0.29) is 6.10 Å². The number of aryl methyl sites for hydroxylation is 1. The van der Waals surface area contributed by atoms with Gasteiger partial charge >= 0.3 is 0 Å². The molecule has 0 unspecified atom stereocenters. The van der Waals surface area contributed by atoms with Crippen LogP contribution in [0.4, 0.5) is 11.8 Å². The van der Waals surface area contributed by atoms with Crippen molar-refractivity contribution in [2.24, 2.45) is 0 Å². The average molecular weight is 298 g/mol. The highest BCUT2D eigenvalue weighted by Crippen LogP contribution is 2.34. The van der Waals surface area contributed by atoms with E-state index in [4.69, 9.17) is 0 Å². The second-order valence-corrected chi connectivity index (χ2v) is 5.88. The average Bonchev–Trinajstić information content (AvgIpc) is 3.18. The molecule has 3 aromatic heterocycles. The van der Waals surface area contributed by atoms with Crippen molar-refractivity contribution in [1.82, 2.24) is 24.6 Å². The largest absolute Gasteiger partial charge is 0.393 e. The van der Waals surface area contributed by atoms with Crippen molar-refractivity contribution in [3.8, 4) is 0 Å². The summed E-state index contributed by atoms with van der Waals surface area (Å²) in [5, 5.41) is 20.2. The second-order valence-electron chi connectivity index (χ2n) is 5.88. The summed E-state index contributed by atoms with van der Waals surface area (Å²) < 4.78 is 1.91. The number of nitrogens with zero attached hydrogens (tertiary/aromatic N) is 4. The quantitative estimate of drug-likeness (QED) is 0.689. The van der Waals surface area contributed by atoms with Gasteiger partial charge in [-0.15, -0.1) is 0 Å². The second kappa shape index (κ2) is 5.10. The molecule has 0 bridgehead atoms. The van der Waals surface area contributed by atoms with Crippen LogP contribution >= 0.6 is 0 Å². The van der Waals surface area contributed by atoms with Gasteiger partial charge < -0.3 is 10.4 Å². The lowest BCUT2D eigenvalue weighted by Crippen LogP contribution is -2.00. The van der Waals surface area contributed by atoms with Gasteiger partial charge in [0, 0.05) is 30.1 Å². The van der Waals surface area contributed by atoms with Crippen molar-refractivity contribution in [2.75, 3.05) is 5.32 Å². The van der Waals surface area contributed by atoms with E-state index in [1.54, 1.807) is 6.20 Å². The summed E-state index contributed by atoms with van der Waals surface area (Å²) >= 11 is 0. The highest BCUT2D eigenvalue weighted by atomic mass is 16.3. The topological polar surface area (TPSA) is 91.1 Å². The first-order chi connectivity index (χ1) is 10.7. The smallest absolute Gasteiger partial charge is 0.214 e. The Hall–Kier alpha value is -2.41. The molecule has 1 aliphatic carbocycles. The fourth-order valence-electron chi connectivity index (χ4n) is 3.10. The zero-order valence-corrected chi connectivity index (χ0v) is 12.3. The van der Waals surface area contributed by atoms with Crippen molar-refractivity contribution in [3.05, 3.63) is 35.9 Å². The minimum atomic E-state index is -0.186. The van der Waals surface area contributed by atoms with Crippen LogP contribution in [0.5, 0.6) is 0 Å². The van der Waals surface area contributed by atoms with E-state index in [9.17, 15) is 5.11 Å². The normalized spacial score (nSPS) is 21.5. The fraction of sp³-hybridized carbons (Fsp3) is 0.400. The van der Waals surface area contributed by atoms with E-state index < -0.39 is 0 Å². The van der Waals surface area contributed by atoms with Gasteiger partial charge in [-0.2, -0.15) is 5.10 Å². The van der Waals surface area contributed by atoms with E-state index in [0.29, 0.717) is 11.9 Å². The number of H-pyrrole nitrogens is 1. The molecule has 3 aromatic rings. The zero-order chi connectivity index (χ0) is 15.1. The third kappa shape index (κ3) is 2.33. The number of aromatic nitrogens is 5. The first kappa shape index (κ1) is 13.3. The molecule has 1 fully saturated rings. The van der Waals surface area contributed by atoms with Gasteiger partial charge in [0.2, 0.25) is 5.95 Å². The van der Waals surface area contributed by atoms with Crippen LogP contribution in [0.1, 0.15) is 36.6 Å². The molecule has 2 atom stereocenters. The van der Waals surface area contributed by atoms with E-state index in [0.717, 1.165) is 42.1 Å². The maximum absolute atomic E-state index is 9.65. The highest BCUT2D eigenvalue weighted by molar-refractivity contribution is 5.54. The van der Waals surface area contributed by atoms with Gasteiger partial charge in [-0.25, -0.2) is 9.97 Å². The number of fused-ring (bicyclic) bond motifs is 1. The maximum Gasteiger partial charge on any atom is 0.214 e. The molecule has 1 saturated carbocycles. The summed E-state index contributed by atoms with van der Waals surface area (Å²) in [7, 11) is 0. The number of anilines is 2. The Balaban J connectivity index is 1.59. The van der Waals surface area contributed by atoms with Crippen LogP contribution in [0.25, 0.3) is 5.65 Å². The summed E-state index contributed by atoms with van der Waals surface area (Å²) in [5.41, 5.74) is 2.86. The number of hydrogen-bond donors (Lipinski definition) is 3. The number of aliphatic hydroxyl groups is 1. The van der Waals surface area contributed by atoms with Gasteiger partial charge in [-0.05, 0) is 32.3 Å². The van der Waals surface area contributed by atoms with Crippen LogP contribution in [-0.2, 0) is 0 Å². The number of aliphatic hydroxyl groups excluding tert-OH is 1. The third-order valence-electron chi connectivity index (χ3n) is 4.18. The van der Waals surface area contributed by atoms with Gasteiger partial charge in [0.25, 0.3) is 0 Å². The SMILES string of the molecule is Cc1cn2c(Nc3cc([C@H]4CC[C@@H](O)C4)[nH]n3)nccc2n1. The predicted octanol–water partition coefficient (Wildman–Crippen LogP) is 2.13. The molecule has 7 heteroatoms. The highest BCUT2D eigenvalue weighted by Gasteiger charge is 2.25. The Labute approximate surface area is 127 Å². The number of imidazole rings is 1. The van der Waals surface area contributed by atoms with Crippen molar-refractivity contribution in [1.29, 1.82) is 0 Å². The lowest BCUT2D eigenvalue weighted by Gasteiger charge is -2.05. The Morgan fingerprint density at radius 2 is 2.32 bits per heavy atom. The molecule has 0 spiro atoms. The summed E-state index contributed by atoms with van der Waals surface area (Å²) in [6.07, 6.45) is 6.14. The van der Waals surface area contributed by atoms with Gasteiger partial charge in [0.1, 0.15) is 5.65 Å². The van der Waals surface area contributed by atoms with E-state index in [1.807, 2.05) is 29.7 Å². The Morgan fingerprint density at radius 3 is 3.14 bits per heavy atom. The minimum absolute atomic E-state index is 0.186. The Morgan fingerprint density at radius 1 is 1.41 bits per heavy atom. The van der Waals surface area contributed by atoms with Crippen molar-refractivity contribution < 1.29 is 5.11 Å². The number of nitrogens with one attached hydrogen (secondary N) is 2. The van der Waals surface area contributed by atoms with E-state index >= 15 is 0 Å². The number of rotatable bonds is 3. The molecule has 1 aliphatic rings. The summed E-state index contributed by atoms with van der Waals surface area (Å²) in [6.45, 7) is 1.95. The Kier molecular flexibility index (Phi) is 3.07. The molecule has 7 nitrogen and oxygen atoms in total. The fourth-order valence-corrected chi connectivity index (χ4v) is 3.10. The van der Waals surface area contributed by atoms with Gasteiger partial charge in [-0.3, -0.25) is 9.50 Å². The van der Waals surface area contributed by atoms with Crippen LogP contribution < -0.4 is 5.32 Å². The first-order valence-electron chi connectivity index (χ1n) is 7.50. The molecule has 0 saturated heterocycles. The summed E-state index contributed by atoms with van der Waals surface area (Å²) in [4.78, 5) is 8.77. The molecule has 114 valence electrons. The molecule has 0 aromatic carbocycles. The molecule has 3 heterocycles. The predicted molar refractivity (Wildman–Crippen MR) is 82.2 cm³/mol. The van der Waals surface area contributed by atoms with Crippen molar-refractivity contribution in [2.45, 2.75) is 38.2 Å². The van der Waals surface area contributed by atoms with Crippen molar-refractivity contribution >= 4 is 17.4 Å². The molecule has 4 rings (SSSR count). The molecule has 3 N–H and O–H groups in total. The number of hydrogen-bond acceptors (Lipinski definition) is 5. The standard InChI is InChI=1S/C15H18N6O/c1-9-8-21-14(17-9)4-5-16-15(21)18-13-7-12(19-20-13)10-2-3-11(22)6-10/h4-5,7-8,10-11,22H,2-3,6H2,1H3,(H2,16,18,19,20)/t10-,11+/m0/s1. The van der Waals surface area contributed by atoms with E-state index in [2.05, 4.69) is 25.5 Å². The first-order valence-corrected chi connectivity index (χ1v) is 7.50. The summed E-state index contributed by atoms with van der Waals surface area (Å²) in [6, 6.07) is 3.86. The van der Waals surface area contributed by atoms with Crippen LogP contribution in [0.15, 0.2) is 24.5 Å². The van der Waals surface area contributed by atoms with E-state index in [1.165, 1.54) is 0 Å². The lowest BCUT2D eigenvalue weighted by molar-refractivity contribution is 0.181. The van der Waals surface area contributed by atoms with Crippen LogP contribution in [-0.4, -0.2) is 35.8 Å². The monoisotopic (exact) mass is 298 g/mol. The number of aromatic amines is 1. The molecular formula is C15H18N6O.